The number of hydrogen-bond donors (Lipinski definition) is 1. The number of rotatable bonds is 1. The maximum atomic E-state index is 6.02. The Labute approximate surface area is 101 Å². The highest BCUT2D eigenvalue weighted by Gasteiger charge is 2.05. The summed E-state index contributed by atoms with van der Waals surface area (Å²) in [4.78, 5) is 0. The number of aryl methyl sites for hydroxylation is 1. The van der Waals surface area contributed by atoms with Gasteiger partial charge in [0.25, 0.3) is 0 Å². The first kappa shape index (κ1) is 12.6. The van der Waals surface area contributed by atoms with E-state index in [4.69, 9.17) is 17.3 Å². The zero-order chi connectivity index (χ0) is 12.1. The van der Waals surface area contributed by atoms with Gasteiger partial charge in [-0.05, 0) is 19.1 Å². The van der Waals surface area contributed by atoms with Gasteiger partial charge in [-0.2, -0.15) is 5.10 Å². The van der Waals surface area contributed by atoms with Crippen LogP contribution in [-0.4, -0.2) is 9.78 Å². The molecule has 2 N–H and O–H groups in total. The molecule has 0 spiro atoms. The third-order valence-corrected chi connectivity index (χ3v) is 2.35. The molecule has 86 valence electrons. The first-order chi connectivity index (χ1) is 7.68. The van der Waals surface area contributed by atoms with E-state index < -0.39 is 0 Å². The quantitative estimate of drug-likeness (QED) is 0.826. The van der Waals surface area contributed by atoms with Gasteiger partial charge in [0.1, 0.15) is 5.82 Å². The van der Waals surface area contributed by atoms with Gasteiger partial charge in [0.15, 0.2) is 0 Å². The molecule has 0 bridgehead atoms. The van der Waals surface area contributed by atoms with Gasteiger partial charge in [0.05, 0.1) is 10.7 Å². The lowest BCUT2D eigenvalue weighted by Crippen LogP contribution is -1.96. The van der Waals surface area contributed by atoms with Crippen LogP contribution >= 0.6 is 11.6 Å². The third-order valence-electron chi connectivity index (χ3n) is 2.03. The molecule has 0 fully saturated rings. The number of anilines is 1. The SMILES string of the molecule is CC.Cc1cn(-c2ccccc2Cl)nc1N. The van der Waals surface area contributed by atoms with Crippen LogP contribution in [0.5, 0.6) is 0 Å². The van der Waals surface area contributed by atoms with E-state index in [2.05, 4.69) is 5.10 Å². The molecule has 1 heterocycles. The molecule has 0 saturated carbocycles. The predicted octanol–water partition coefficient (Wildman–Crippen LogP) is 3.44. The predicted molar refractivity (Wildman–Crippen MR) is 69.1 cm³/mol. The largest absolute Gasteiger partial charge is 0.382 e. The molecular formula is C12H16ClN3. The summed E-state index contributed by atoms with van der Waals surface area (Å²) < 4.78 is 1.69. The Morgan fingerprint density at radius 1 is 1.25 bits per heavy atom. The Balaban J connectivity index is 0.000000606. The molecule has 0 radical (unpaired) electrons. The number of hydrogen-bond acceptors (Lipinski definition) is 2. The number of nitrogens with zero attached hydrogens (tertiary/aromatic N) is 2. The van der Waals surface area contributed by atoms with E-state index >= 15 is 0 Å². The van der Waals surface area contributed by atoms with E-state index in [1.165, 1.54) is 0 Å². The zero-order valence-electron chi connectivity index (χ0n) is 9.74. The molecule has 0 aliphatic heterocycles. The van der Waals surface area contributed by atoms with Crippen molar-refractivity contribution >= 4 is 17.4 Å². The molecule has 0 aliphatic rings. The summed E-state index contributed by atoms with van der Waals surface area (Å²) in [6, 6.07) is 7.51. The first-order valence-corrected chi connectivity index (χ1v) is 5.63. The zero-order valence-corrected chi connectivity index (χ0v) is 10.5. The van der Waals surface area contributed by atoms with Gasteiger partial charge in [0, 0.05) is 11.8 Å². The summed E-state index contributed by atoms with van der Waals surface area (Å²) in [5.41, 5.74) is 7.44. The Kier molecular flexibility index (Phi) is 4.38. The summed E-state index contributed by atoms with van der Waals surface area (Å²) in [7, 11) is 0. The van der Waals surface area contributed by atoms with Crippen molar-refractivity contribution < 1.29 is 0 Å². The van der Waals surface area contributed by atoms with E-state index in [9.17, 15) is 0 Å². The molecule has 2 rings (SSSR count). The highest BCUT2D eigenvalue weighted by Crippen LogP contribution is 2.20. The molecule has 2 aromatic rings. The lowest BCUT2D eigenvalue weighted by atomic mass is 10.3. The molecule has 4 heteroatoms. The van der Waals surface area contributed by atoms with Crippen molar-refractivity contribution in [2.24, 2.45) is 0 Å². The average Bonchev–Trinajstić information content (AvgIpc) is 2.62. The third kappa shape index (κ3) is 2.55. The van der Waals surface area contributed by atoms with Crippen molar-refractivity contribution in [1.82, 2.24) is 9.78 Å². The number of nitrogen functional groups attached to an aromatic ring is 1. The van der Waals surface area contributed by atoms with Crippen molar-refractivity contribution in [2.75, 3.05) is 5.73 Å². The molecule has 0 atom stereocenters. The Morgan fingerprint density at radius 3 is 2.38 bits per heavy atom. The monoisotopic (exact) mass is 237 g/mol. The summed E-state index contributed by atoms with van der Waals surface area (Å²) in [6.45, 7) is 5.91. The minimum absolute atomic E-state index is 0.532. The maximum absolute atomic E-state index is 6.02. The van der Waals surface area contributed by atoms with E-state index in [-0.39, 0.29) is 0 Å². The summed E-state index contributed by atoms with van der Waals surface area (Å²) in [6.07, 6.45) is 1.86. The van der Waals surface area contributed by atoms with Crippen LogP contribution in [0.15, 0.2) is 30.5 Å². The molecule has 3 nitrogen and oxygen atoms in total. The molecule has 0 unspecified atom stereocenters. The number of para-hydroxylation sites is 1. The second-order valence-corrected chi connectivity index (χ2v) is 3.50. The highest BCUT2D eigenvalue weighted by molar-refractivity contribution is 6.32. The fraction of sp³-hybridized carbons (Fsp3) is 0.250. The number of benzene rings is 1. The maximum Gasteiger partial charge on any atom is 0.148 e. The normalized spacial score (nSPS) is 9.50. The lowest BCUT2D eigenvalue weighted by molar-refractivity contribution is 0.885. The van der Waals surface area contributed by atoms with Gasteiger partial charge in [-0.15, -0.1) is 0 Å². The molecule has 16 heavy (non-hydrogen) atoms. The van der Waals surface area contributed by atoms with E-state index in [0.717, 1.165) is 11.3 Å². The summed E-state index contributed by atoms with van der Waals surface area (Å²) in [5.74, 6) is 0.532. The van der Waals surface area contributed by atoms with Gasteiger partial charge in [-0.1, -0.05) is 37.6 Å². The van der Waals surface area contributed by atoms with Crippen molar-refractivity contribution in [1.29, 1.82) is 0 Å². The molecule has 0 amide bonds. The molecule has 1 aromatic heterocycles. The van der Waals surface area contributed by atoms with Crippen LogP contribution in [0.2, 0.25) is 5.02 Å². The van der Waals surface area contributed by atoms with Crippen LogP contribution in [0.4, 0.5) is 5.82 Å². The van der Waals surface area contributed by atoms with Gasteiger partial charge in [0.2, 0.25) is 0 Å². The molecular weight excluding hydrogens is 222 g/mol. The van der Waals surface area contributed by atoms with E-state index in [1.807, 2.05) is 51.2 Å². The Bertz CT molecular complexity index is 444. The fourth-order valence-electron chi connectivity index (χ4n) is 1.23. The molecule has 0 aliphatic carbocycles. The Hall–Kier alpha value is -1.48. The topological polar surface area (TPSA) is 43.8 Å². The Morgan fingerprint density at radius 2 is 1.88 bits per heavy atom. The van der Waals surface area contributed by atoms with Gasteiger partial charge < -0.3 is 5.73 Å². The fourth-order valence-corrected chi connectivity index (χ4v) is 1.46. The number of halogens is 1. The van der Waals surface area contributed by atoms with Crippen LogP contribution in [0.1, 0.15) is 19.4 Å². The number of aromatic nitrogens is 2. The van der Waals surface area contributed by atoms with Crippen LogP contribution in [0, 0.1) is 6.92 Å². The second-order valence-electron chi connectivity index (χ2n) is 3.09. The van der Waals surface area contributed by atoms with Gasteiger partial charge in [-0.3, -0.25) is 0 Å². The molecule has 1 aromatic carbocycles. The van der Waals surface area contributed by atoms with Gasteiger partial charge in [-0.25, -0.2) is 4.68 Å². The molecule has 0 saturated heterocycles. The van der Waals surface area contributed by atoms with Crippen molar-refractivity contribution in [3.8, 4) is 5.69 Å². The smallest absolute Gasteiger partial charge is 0.148 e. The van der Waals surface area contributed by atoms with Crippen LogP contribution < -0.4 is 5.73 Å². The minimum atomic E-state index is 0.532. The van der Waals surface area contributed by atoms with E-state index in [0.29, 0.717) is 10.8 Å². The summed E-state index contributed by atoms with van der Waals surface area (Å²) in [5, 5.41) is 4.81. The van der Waals surface area contributed by atoms with Crippen molar-refractivity contribution in [2.45, 2.75) is 20.8 Å². The number of nitrogens with two attached hydrogens (primary N) is 1. The minimum Gasteiger partial charge on any atom is -0.382 e. The second kappa shape index (κ2) is 5.56. The van der Waals surface area contributed by atoms with Crippen LogP contribution in [-0.2, 0) is 0 Å². The average molecular weight is 238 g/mol. The van der Waals surface area contributed by atoms with Crippen molar-refractivity contribution in [3.63, 3.8) is 0 Å². The van der Waals surface area contributed by atoms with Crippen LogP contribution in [0.25, 0.3) is 5.69 Å². The standard InChI is InChI=1S/C10H10ClN3.C2H6/c1-7-6-14(13-10(7)12)9-5-3-2-4-8(9)11;1-2/h2-6H,1H3,(H2,12,13);1-2H3. The van der Waals surface area contributed by atoms with Crippen molar-refractivity contribution in [3.05, 3.63) is 41.0 Å². The highest BCUT2D eigenvalue weighted by atomic mass is 35.5. The van der Waals surface area contributed by atoms with E-state index in [1.54, 1.807) is 4.68 Å². The van der Waals surface area contributed by atoms with Crippen LogP contribution in [0.3, 0.4) is 0 Å². The van der Waals surface area contributed by atoms with Gasteiger partial charge >= 0.3 is 0 Å². The summed E-state index contributed by atoms with van der Waals surface area (Å²) >= 11 is 6.02. The first-order valence-electron chi connectivity index (χ1n) is 5.25. The lowest BCUT2D eigenvalue weighted by Gasteiger charge is -2.02.